The smallest absolute Gasteiger partial charge is 0.394 e. The summed E-state index contributed by atoms with van der Waals surface area (Å²) < 4.78 is 65.2. The zero-order valence-corrected chi connectivity index (χ0v) is 17.1. The standard InChI is InChI=1S/C12H22O17S2/c1-4(15)7(17)9(19)10(20)12(21)29-31(25,26)27-6(3-14)8(18)11(5(16)2-13)28-30(22,23)24/h3-11,13,15-20H,2H2,1H3,(H,22,23,24)/t4-,5-,6-,7+,8-,9+,10-,11-/m1/s1. The predicted octanol–water partition coefficient (Wildman–Crippen LogP) is -6.28. The van der Waals surface area contributed by atoms with E-state index >= 15 is 0 Å². The Bertz CT molecular complexity index is 792. The van der Waals surface area contributed by atoms with Crippen LogP contribution in [0.25, 0.3) is 0 Å². The van der Waals surface area contributed by atoms with Crippen molar-refractivity contribution in [2.75, 3.05) is 6.61 Å². The van der Waals surface area contributed by atoms with Gasteiger partial charge in [0.25, 0.3) is 0 Å². The van der Waals surface area contributed by atoms with Gasteiger partial charge in [-0.1, -0.05) is 0 Å². The summed E-state index contributed by atoms with van der Waals surface area (Å²) in [5, 5.41) is 65.5. The van der Waals surface area contributed by atoms with Crippen molar-refractivity contribution in [3.63, 3.8) is 0 Å². The highest BCUT2D eigenvalue weighted by Gasteiger charge is 2.41. The van der Waals surface area contributed by atoms with E-state index in [1.807, 2.05) is 0 Å². The third-order valence-corrected chi connectivity index (χ3v) is 4.72. The molecule has 0 radical (unpaired) electrons. The zero-order valence-electron chi connectivity index (χ0n) is 15.5. The van der Waals surface area contributed by atoms with E-state index < -0.39 is 88.5 Å². The first-order valence-electron chi connectivity index (χ1n) is 7.94. The van der Waals surface area contributed by atoms with Crippen molar-refractivity contribution in [1.29, 1.82) is 0 Å². The van der Waals surface area contributed by atoms with Crippen molar-refractivity contribution in [1.82, 2.24) is 0 Å². The van der Waals surface area contributed by atoms with Crippen LogP contribution in [0.4, 0.5) is 0 Å². The second-order valence-corrected chi connectivity index (χ2v) is 8.13. The Kier molecular flexibility index (Phi) is 11.5. The van der Waals surface area contributed by atoms with Crippen LogP contribution >= 0.6 is 0 Å². The molecule has 0 aliphatic carbocycles. The molecule has 0 bridgehead atoms. The molecule has 0 unspecified atom stereocenters. The van der Waals surface area contributed by atoms with Crippen LogP contribution < -0.4 is 0 Å². The van der Waals surface area contributed by atoms with Crippen LogP contribution in [0, 0.1) is 0 Å². The van der Waals surface area contributed by atoms with E-state index in [0.29, 0.717) is 0 Å². The van der Waals surface area contributed by atoms with Crippen molar-refractivity contribution in [3.8, 4) is 0 Å². The fourth-order valence-corrected chi connectivity index (χ4v) is 3.15. The third kappa shape index (κ3) is 9.76. The first-order valence-corrected chi connectivity index (χ1v) is 10.6. The highest BCUT2D eigenvalue weighted by Crippen LogP contribution is 2.16. The molecule has 8 N–H and O–H groups in total. The number of rotatable bonds is 14. The lowest BCUT2D eigenvalue weighted by atomic mass is 10.0. The fourth-order valence-electron chi connectivity index (χ4n) is 1.86. The van der Waals surface area contributed by atoms with Gasteiger partial charge in [-0.05, 0) is 6.92 Å². The summed E-state index contributed by atoms with van der Waals surface area (Å²) in [5.41, 5.74) is 0. The summed E-state index contributed by atoms with van der Waals surface area (Å²) in [4.78, 5) is 22.6. The molecule has 0 spiro atoms. The van der Waals surface area contributed by atoms with Gasteiger partial charge in [-0.25, -0.2) is 13.2 Å². The largest absolute Gasteiger partial charge is 0.452 e. The number of aliphatic hydroxyl groups is 7. The molecular weight excluding hydrogens is 480 g/mol. The molecule has 0 aromatic carbocycles. The van der Waals surface area contributed by atoms with Crippen LogP contribution in [0.1, 0.15) is 6.92 Å². The SMILES string of the molecule is C[C@@H](O)[C@H](O)[C@H](O)[C@@H](O)C(=O)OS(=O)(=O)O[C@H](C=O)[C@@H](O)[C@H](OS(=O)(=O)O)[C@H](O)CO. The summed E-state index contributed by atoms with van der Waals surface area (Å²) >= 11 is 0. The maximum absolute atomic E-state index is 11.7. The van der Waals surface area contributed by atoms with Crippen LogP contribution in [-0.4, -0.2) is 125 Å². The Morgan fingerprint density at radius 3 is 1.84 bits per heavy atom. The summed E-state index contributed by atoms with van der Waals surface area (Å²) in [7, 11) is -11.0. The van der Waals surface area contributed by atoms with Gasteiger partial charge in [-0.2, -0.15) is 16.8 Å². The molecule has 0 amide bonds. The van der Waals surface area contributed by atoms with Crippen molar-refractivity contribution in [2.45, 2.75) is 55.8 Å². The van der Waals surface area contributed by atoms with Gasteiger partial charge in [0.05, 0.1) is 12.7 Å². The topological polar surface area (TPSA) is 292 Å². The van der Waals surface area contributed by atoms with Gasteiger partial charge in [-0.3, -0.25) is 4.55 Å². The van der Waals surface area contributed by atoms with E-state index in [2.05, 4.69) is 12.5 Å². The van der Waals surface area contributed by atoms with Crippen molar-refractivity contribution >= 4 is 33.1 Å². The maximum Gasteiger partial charge on any atom is 0.452 e. The summed E-state index contributed by atoms with van der Waals surface area (Å²) in [6.45, 7) is -0.353. The van der Waals surface area contributed by atoms with Crippen LogP contribution in [0.2, 0.25) is 0 Å². The van der Waals surface area contributed by atoms with Crippen molar-refractivity contribution in [2.24, 2.45) is 0 Å². The Morgan fingerprint density at radius 1 is 0.935 bits per heavy atom. The van der Waals surface area contributed by atoms with Gasteiger partial charge < -0.3 is 44.7 Å². The minimum absolute atomic E-state index is 0.483. The Balaban J connectivity index is 5.46. The molecular formula is C12H22O17S2. The first kappa shape index (κ1) is 29.6. The minimum atomic E-state index is -5.64. The summed E-state index contributed by atoms with van der Waals surface area (Å²) in [6, 6.07) is 0. The molecule has 0 aliphatic heterocycles. The van der Waals surface area contributed by atoms with Crippen molar-refractivity contribution in [3.05, 3.63) is 0 Å². The molecule has 17 nitrogen and oxygen atoms in total. The van der Waals surface area contributed by atoms with Crippen molar-refractivity contribution < 1.29 is 79.3 Å². The molecule has 184 valence electrons. The molecule has 0 heterocycles. The van der Waals surface area contributed by atoms with Gasteiger partial charge in [0, 0.05) is 0 Å². The Labute approximate surface area is 175 Å². The number of hydrogen-bond donors (Lipinski definition) is 8. The fraction of sp³-hybridized carbons (Fsp3) is 0.833. The van der Waals surface area contributed by atoms with Gasteiger partial charge in [0.1, 0.15) is 30.5 Å². The maximum atomic E-state index is 11.7. The second-order valence-electron chi connectivity index (χ2n) is 5.90. The molecule has 19 heteroatoms. The van der Waals surface area contributed by atoms with E-state index in [1.165, 1.54) is 0 Å². The van der Waals surface area contributed by atoms with Gasteiger partial charge in [-0.15, -0.1) is 0 Å². The van der Waals surface area contributed by atoms with E-state index in [0.717, 1.165) is 6.92 Å². The van der Waals surface area contributed by atoms with E-state index in [9.17, 15) is 52.0 Å². The minimum Gasteiger partial charge on any atom is -0.394 e. The van der Waals surface area contributed by atoms with E-state index in [1.54, 1.807) is 0 Å². The molecule has 0 aliphatic rings. The molecule has 0 aromatic heterocycles. The Morgan fingerprint density at radius 2 is 1.45 bits per heavy atom. The number of hydrogen-bond acceptors (Lipinski definition) is 16. The van der Waals surface area contributed by atoms with Crippen LogP contribution in [0.5, 0.6) is 0 Å². The Hall–Kier alpha value is -1.36. The number of carbonyl (C=O) groups excluding carboxylic acids is 2. The third-order valence-electron chi connectivity index (χ3n) is 3.43. The van der Waals surface area contributed by atoms with Gasteiger partial charge in [0.15, 0.2) is 18.5 Å². The van der Waals surface area contributed by atoms with Crippen LogP contribution in [0.15, 0.2) is 0 Å². The number of carbonyl (C=O) groups is 2. The van der Waals surface area contributed by atoms with E-state index in [4.69, 9.17) is 14.8 Å². The lowest BCUT2D eigenvalue weighted by Gasteiger charge is -2.27. The normalized spacial score (nSPS) is 20.5. The summed E-state index contributed by atoms with van der Waals surface area (Å²) in [5.74, 6) is -2.16. The van der Waals surface area contributed by atoms with Gasteiger partial charge in [0.2, 0.25) is 0 Å². The molecule has 8 atom stereocenters. The highest BCUT2D eigenvalue weighted by molar-refractivity contribution is 7.82. The molecule has 0 rings (SSSR count). The average molecular weight is 502 g/mol. The molecule has 0 saturated heterocycles. The van der Waals surface area contributed by atoms with Crippen LogP contribution in [0.3, 0.4) is 0 Å². The molecule has 0 saturated carbocycles. The molecule has 31 heavy (non-hydrogen) atoms. The quantitative estimate of drug-likeness (QED) is 0.0809. The highest BCUT2D eigenvalue weighted by atomic mass is 32.3. The monoisotopic (exact) mass is 502 g/mol. The first-order chi connectivity index (χ1) is 14.0. The lowest BCUT2D eigenvalue weighted by Crippen LogP contribution is -2.51. The molecule has 0 fully saturated rings. The summed E-state index contributed by atoms with van der Waals surface area (Å²) in [6.07, 6.45) is -19.6. The predicted molar refractivity (Wildman–Crippen MR) is 91.2 cm³/mol. The zero-order chi connectivity index (χ0) is 24.7. The van der Waals surface area contributed by atoms with Crippen LogP contribution in [-0.2, 0) is 42.9 Å². The number of aldehydes is 1. The average Bonchev–Trinajstić information content (AvgIpc) is 2.66. The second kappa shape index (κ2) is 12.0. The molecule has 0 aromatic rings. The lowest BCUT2D eigenvalue weighted by molar-refractivity contribution is -0.160. The van der Waals surface area contributed by atoms with Gasteiger partial charge >= 0.3 is 26.8 Å². The van der Waals surface area contributed by atoms with E-state index in [-0.39, 0.29) is 0 Å². The number of aliphatic hydroxyl groups excluding tert-OH is 7.